The van der Waals surface area contributed by atoms with Gasteiger partial charge in [0.25, 0.3) is 5.97 Å². The lowest BCUT2D eigenvalue weighted by Gasteiger charge is -2.32. The Labute approximate surface area is 96.9 Å². The molecule has 0 aromatic rings. The van der Waals surface area contributed by atoms with Gasteiger partial charge >= 0.3 is 0 Å². The highest BCUT2D eigenvalue weighted by molar-refractivity contribution is 6.08. The topological polar surface area (TPSA) is 27.7 Å². The zero-order valence-corrected chi connectivity index (χ0v) is 12.7. The van der Waals surface area contributed by atoms with Crippen molar-refractivity contribution >= 4 is 10.2 Å². The molecule has 0 aliphatic heterocycles. The summed E-state index contributed by atoms with van der Waals surface area (Å²) in [6.45, 7) is 7.79. The van der Waals surface area contributed by atoms with E-state index in [0.29, 0.717) is 19.8 Å². The molecule has 0 aliphatic carbocycles. The maximum absolute atomic E-state index is 5.62. The standard InChI is InChI=1S/C11H26O3Si/c1-4-12-11(13-5-2,14-6-3)9-7-8-10-15/h4-10H2,1-3,15H3. The van der Waals surface area contributed by atoms with E-state index in [9.17, 15) is 0 Å². The van der Waals surface area contributed by atoms with Gasteiger partial charge in [0.15, 0.2) is 0 Å². The molecule has 4 heteroatoms. The van der Waals surface area contributed by atoms with Crippen molar-refractivity contribution in [2.45, 2.75) is 52.1 Å². The predicted molar refractivity (Wildman–Crippen MR) is 66.2 cm³/mol. The van der Waals surface area contributed by atoms with Crippen molar-refractivity contribution in [1.29, 1.82) is 0 Å². The molecule has 0 unspecified atom stereocenters. The summed E-state index contributed by atoms with van der Waals surface area (Å²) in [4.78, 5) is 0. The van der Waals surface area contributed by atoms with Gasteiger partial charge in [-0.25, -0.2) is 0 Å². The Morgan fingerprint density at radius 1 is 0.867 bits per heavy atom. The van der Waals surface area contributed by atoms with E-state index in [4.69, 9.17) is 14.2 Å². The summed E-state index contributed by atoms with van der Waals surface area (Å²) in [5.41, 5.74) is 0. The molecule has 0 atom stereocenters. The lowest BCUT2D eigenvalue weighted by molar-refractivity contribution is -0.380. The molecule has 0 bridgehead atoms. The third kappa shape index (κ3) is 6.30. The average molecular weight is 234 g/mol. The van der Waals surface area contributed by atoms with Gasteiger partial charge in [0, 0.05) is 36.5 Å². The van der Waals surface area contributed by atoms with Gasteiger partial charge in [0.2, 0.25) is 0 Å². The normalized spacial score (nSPS) is 12.2. The first-order valence-electron chi connectivity index (χ1n) is 6.16. The molecule has 0 saturated carbocycles. The molecular formula is C11H26O3Si. The van der Waals surface area contributed by atoms with Gasteiger partial charge in [-0.2, -0.15) is 0 Å². The minimum atomic E-state index is -0.783. The highest BCUT2D eigenvalue weighted by Gasteiger charge is 2.31. The molecule has 0 aliphatic rings. The quantitative estimate of drug-likeness (QED) is 0.327. The first-order chi connectivity index (χ1) is 7.24. The molecule has 0 fully saturated rings. The minimum Gasteiger partial charge on any atom is -0.328 e. The van der Waals surface area contributed by atoms with Crippen LogP contribution in [0, 0.1) is 0 Å². The van der Waals surface area contributed by atoms with Crippen molar-refractivity contribution in [2.75, 3.05) is 19.8 Å². The summed E-state index contributed by atoms with van der Waals surface area (Å²) in [5.74, 6) is -0.783. The van der Waals surface area contributed by atoms with E-state index < -0.39 is 5.97 Å². The highest BCUT2D eigenvalue weighted by Crippen LogP contribution is 2.23. The van der Waals surface area contributed by atoms with E-state index in [2.05, 4.69) is 0 Å². The van der Waals surface area contributed by atoms with Gasteiger partial charge in [-0.15, -0.1) is 0 Å². The molecule has 0 N–H and O–H groups in total. The summed E-state index contributed by atoms with van der Waals surface area (Å²) >= 11 is 0. The lowest BCUT2D eigenvalue weighted by Crippen LogP contribution is -2.39. The Morgan fingerprint density at radius 2 is 1.33 bits per heavy atom. The highest BCUT2D eigenvalue weighted by atomic mass is 28.1. The van der Waals surface area contributed by atoms with E-state index in [1.165, 1.54) is 22.7 Å². The monoisotopic (exact) mass is 234 g/mol. The smallest absolute Gasteiger partial charge is 0.282 e. The van der Waals surface area contributed by atoms with Crippen LogP contribution in [0.2, 0.25) is 6.04 Å². The zero-order chi connectivity index (χ0) is 11.6. The first-order valence-corrected chi connectivity index (χ1v) is 7.57. The fraction of sp³-hybridized carbons (Fsp3) is 1.00. The van der Waals surface area contributed by atoms with Gasteiger partial charge in [-0.1, -0.05) is 12.5 Å². The molecule has 0 aromatic carbocycles. The molecule has 15 heavy (non-hydrogen) atoms. The molecule has 0 rings (SSSR count). The van der Waals surface area contributed by atoms with E-state index >= 15 is 0 Å². The van der Waals surface area contributed by atoms with Crippen LogP contribution in [-0.2, 0) is 14.2 Å². The Balaban J connectivity index is 4.18. The summed E-state index contributed by atoms with van der Waals surface area (Å²) in [6.07, 6.45) is 3.20. The van der Waals surface area contributed by atoms with Gasteiger partial charge < -0.3 is 14.2 Å². The van der Waals surface area contributed by atoms with Crippen LogP contribution in [-0.4, -0.2) is 36.0 Å². The second kappa shape index (κ2) is 9.33. The average Bonchev–Trinajstić information content (AvgIpc) is 2.19. The second-order valence-electron chi connectivity index (χ2n) is 3.44. The van der Waals surface area contributed by atoms with Gasteiger partial charge in [-0.05, 0) is 27.2 Å². The Bertz CT molecular complexity index is 125. The summed E-state index contributed by atoms with van der Waals surface area (Å²) in [6, 6.07) is 1.33. The van der Waals surface area contributed by atoms with Crippen molar-refractivity contribution in [3.63, 3.8) is 0 Å². The maximum Gasteiger partial charge on any atom is 0.282 e. The van der Waals surface area contributed by atoms with E-state index in [0.717, 1.165) is 12.8 Å². The number of ether oxygens (including phenoxy) is 3. The van der Waals surface area contributed by atoms with Crippen molar-refractivity contribution in [2.24, 2.45) is 0 Å². The van der Waals surface area contributed by atoms with Crippen LogP contribution in [0.15, 0.2) is 0 Å². The van der Waals surface area contributed by atoms with Crippen molar-refractivity contribution in [3.8, 4) is 0 Å². The molecule has 0 spiro atoms. The van der Waals surface area contributed by atoms with Crippen molar-refractivity contribution in [1.82, 2.24) is 0 Å². The molecular weight excluding hydrogens is 208 g/mol. The number of hydrogen-bond donors (Lipinski definition) is 0. The number of hydrogen-bond acceptors (Lipinski definition) is 3. The third-order valence-electron chi connectivity index (χ3n) is 2.18. The first kappa shape index (κ1) is 15.1. The Hall–Kier alpha value is 0.0969. The van der Waals surface area contributed by atoms with E-state index in [1.807, 2.05) is 20.8 Å². The SMILES string of the molecule is CCOC(CCCC[SiH3])(OCC)OCC. The van der Waals surface area contributed by atoms with Gasteiger partial charge in [0.05, 0.1) is 0 Å². The van der Waals surface area contributed by atoms with Crippen molar-refractivity contribution < 1.29 is 14.2 Å². The van der Waals surface area contributed by atoms with E-state index in [1.54, 1.807) is 0 Å². The van der Waals surface area contributed by atoms with Crippen LogP contribution in [0.5, 0.6) is 0 Å². The van der Waals surface area contributed by atoms with E-state index in [-0.39, 0.29) is 0 Å². The zero-order valence-electron chi connectivity index (χ0n) is 10.7. The molecule has 3 nitrogen and oxygen atoms in total. The largest absolute Gasteiger partial charge is 0.328 e. The molecule has 0 heterocycles. The van der Waals surface area contributed by atoms with Crippen LogP contribution < -0.4 is 0 Å². The summed E-state index contributed by atoms with van der Waals surface area (Å²) < 4.78 is 16.9. The summed E-state index contributed by atoms with van der Waals surface area (Å²) in [7, 11) is 1.28. The minimum absolute atomic E-state index is 0.626. The fourth-order valence-electron chi connectivity index (χ4n) is 1.59. The van der Waals surface area contributed by atoms with Crippen molar-refractivity contribution in [3.05, 3.63) is 0 Å². The molecule has 0 aromatic heterocycles. The van der Waals surface area contributed by atoms with Crippen LogP contribution in [0.3, 0.4) is 0 Å². The van der Waals surface area contributed by atoms with Crippen LogP contribution in [0.1, 0.15) is 40.0 Å². The third-order valence-corrected chi connectivity index (χ3v) is 2.89. The number of rotatable bonds is 10. The Morgan fingerprint density at radius 3 is 1.67 bits per heavy atom. The second-order valence-corrected chi connectivity index (χ2v) is 4.44. The fourth-order valence-corrected chi connectivity index (χ4v) is 2.09. The molecule has 0 radical (unpaired) electrons. The lowest BCUT2D eigenvalue weighted by atomic mass is 10.2. The Kier molecular flexibility index (Phi) is 9.39. The number of unbranched alkanes of at least 4 members (excludes halogenated alkanes) is 1. The van der Waals surface area contributed by atoms with Crippen LogP contribution >= 0.6 is 0 Å². The molecule has 0 saturated heterocycles. The van der Waals surface area contributed by atoms with Crippen LogP contribution in [0.4, 0.5) is 0 Å². The van der Waals surface area contributed by atoms with Gasteiger partial charge in [0.1, 0.15) is 0 Å². The molecule has 0 amide bonds. The maximum atomic E-state index is 5.62. The van der Waals surface area contributed by atoms with Gasteiger partial charge in [-0.3, -0.25) is 0 Å². The van der Waals surface area contributed by atoms with Crippen LogP contribution in [0.25, 0.3) is 0 Å². The summed E-state index contributed by atoms with van der Waals surface area (Å²) in [5, 5.41) is 0. The molecule has 92 valence electrons. The predicted octanol–water partition coefficient (Wildman–Crippen LogP) is 1.70.